The Morgan fingerprint density at radius 3 is 2.08 bits per heavy atom. The van der Waals surface area contributed by atoms with Crippen molar-refractivity contribution in [2.75, 3.05) is 46.3 Å². The number of likely N-dealkylation sites (N-methyl/N-ethyl adjacent to an activating group) is 1. The third-order valence-electron chi connectivity index (χ3n) is 8.48. The Hall–Kier alpha value is -2.42. The van der Waals surface area contributed by atoms with Crippen molar-refractivity contribution in [2.45, 2.75) is 69.3 Å². The third kappa shape index (κ3) is 7.21. The first-order chi connectivity index (χ1) is 18.3. The normalized spacial score (nSPS) is 19.8. The van der Waals surface area contributed by atoms with Crippen molar-refractivity contribution in [1.29, 1.82) is 0 Å². The molecule has 1 amide bonds. The van der Waals surface area contributed by atoms with Crippen LogP contribution in [0.2, 0.25) is 0 Å². The molecule has 1 atom stereocenters. The van der Waals surface area contributed by atoms with Crippen molar-refractivity contribution < 1.29 is 17.9 Å². The third-order valence-corrected chi connectivity index (χ3v) is 10.3. The van der Waals surface area contributed by atoms with Crippen LogP contribution in [0.5, 0.6) is 0 Å². The summed E-state index contributed by atoms with van der Waals surface area (Å²) in [5, 5.41) is 0. The molecular weight excluding hydrogens is 510 g/mol. The predicted octanol–water partition coefficient (Wildman–Crippen LogP) is 5.38. The van der Waals surface area contributed by atoms with Crippen LogP contribution in [0, 0.1) is 5.41 Å². The Morgan fingerprint density at radius 1 is 0.923 bits per heavy atom. The Kier molecular flexibility index (Phi) is 8.79. The Labute approximate surface area is 235 Å². The largest absolute Gasteiger partial charge is 0.444 e. The Bertz CT molecular complexity index is 1210. The summed E-state index contributed by atoms with van der Waals surface area (Å²) in [7, 11) is -1.90. The molecule has 2 saturated heterocycles. The van der Waals surface area contributed by atoms with Crippen LogP contribution >= 0.6 is 0 Å². The molecule has 2 aromatic rings. The lowest BCUT2D eigenvalue weighted by Gasteiger charge is -2.41. The van der Waals surface area contributed by atoms with E-state index >= 15 is 0 Å². The van der Waals surface area contributed by atoms with E-state index in [0.29, 0.717) is 11.4 Å². The number of ether oxygens (including phenoxy) is 1. The average molecular weight is 556 g/mol. The Morgan fingerprint density at radius 2 is 1.49 bits per heavy atom. The summed E-state index contributed by atoms with van der Waals surface area (Å²) in [5.41, 5.74) is 0.516. The van der Waals surface area contributed by atoms with E-state index < -0.39 is 15.6 Å². The van der Waals surface area contributed by atoms with Crippen molar-refractivity contribution >= 4 is 16.1 Å². The first-order valence-corrected chi connectivity index (χ1v) is 15.5. The van der Waals surface area contributed by atoms with Crippen LogP contribution in [0.25, 0.3) is 0 Å². The smallest absolute Gasteiger partial charge is 0.410 e. The molecule has 7 nitrogen and oxygen atoms in total. The lowest BCUT2D eigenvalue weighted by Crippen LogP contribution is -2.46. The van der Waals surface area contributed by atoms with Gasteiger partial charge in [0.05, 0.1) is 4.90 Å². The lowest BCUT2D eigenvalue weighted by atomic mass is 9.76. The number of amides is 1. The first-order valence-electron chi connectivity index (χ1n) is 14.1. The maximum absolute atomic E-state index is 13.3. The molecule has 0 saturated carbocycles. The SMILES string of the molecule is CN(CC(C)(CCN1CCC2(CC1)CCN(C(=O)OC(C)(C)C)C2)c1ccccc1)S(=O)(=O)c1ccccc1. The molecule has 2 fully saturated rings. The highest BCUT2D eigenvalue weighted by atomic mass is 32.2. The molecule has 2 aliphatic rings. The zero-order chi connectivity index (χ0) is 28.3. The van der Waals surface area contributed by atoms with Gasteiger partial charge in [-0.3, -0.25) is 0 Å². The zero-order valence-electron chi connectivity index (χ0n) is 24.2. The summed E-state index contributed by atoms with van der Waals surface area (Å²) < 4.78 is 33.8. The molecule has 8 heteroatoms. The molecule has 214 valence electrons. The molecule has 2 aromatic carbocycles. The van der Waals surface area contributed by atoms with Crippen LogP contribution in [-0.2, 0) is 20.2 Å². The minimum Gasteiger partial charge on any atom is -0.444 e. The number of rotatable bonds is 8. The summed E-state index contributed by atoms with van der Waals surface area (Å²) in [6.45, 7) is 12.7. The average Bonchev–Trinajstić information content (AvgIpc) is 3.32. The number of likely N-dealkylation sites (tertiary alicyclic amines) is 2. The number of benzene rings is 2. The maximum Gasteiger partial charge on any atom is 0.410 e. The lowest BCUT2D eigenvalue weighted by molar-refractivity contribution is 0.0245. The van der Waals surface area contributed by atoms with E-state index in [1.54, 1.807) is 31.3 Å². The maximum atomic E-state index is 13.3. The number of hydrogen-bond donors (Lipinski definition) is 0. The van der Waals surface area contributed by atoms with E-state index in [0.717, 1.165) is 64.0 Å². The molecule has 4 rings (SSSR count). The fourth-order valence-corrected chi connectivity index (χ4v) is 7.30. The number of hydrogen-bond acceptors (Lipinski definition) is 5. The standard InChI is InChI=1S/C31H45N3O4S/c1-29(2,3)38-28(35)34-23-19-31(25-34)17-21-33(22-18-31)20-16-30(4,26-12-8-6-9-13-26)24-32(5)39(36,37)27-14-10-7-11-15-27/h6-15H,16-25H2,1-5H3. The quantitative estimate of drug-likeness (QED) is 0.438. The highest BCUT2D eigenvalue weighted by Gasteiger charge is 2.43. The van der Waals surface area contributed by atoms with Crippen molar-refractivity contribution in [1.82, 2.24) is 14.1 Å². The van der Waals surface area contributed by atoms with E-state index in [-0.39, 0.29) is 16.9 Å². The predicted molar refractivity (Wildman–Crippen MR) is 155 cm³/mol. The summed E-state index contributed by atoms with van der Waals surface area (Å²) in [6.07, 6.45) is 3.81. The topological polar surface area (TPSA) is 70.2 Å². The van der Waals surface area contributed by atoms with Gasteiger partial charge in [0.15, 0.2) is 0 Å². The summed E-state index contributed by atoms with van der Waals surface area (Å²) in [4.78, 5) is 17.3. The van der Waals surface area contributed by atoms with E-state index in [1.807, 2.05) is 49.9 Å². The van der Waals surface area contributed by atoms with Gasteiger partial charge in [-0.1, -0.05) is 55.5 Å². The van der Waals surface area contributed by atoms with Gasteiger partial charge in [-0.05, 0) is 89.2 Å². The van der Waals surface area contributed by atoms with Crippen molar-refractivity contribution in [3.8, 4) is 0 Å². The van der Waals surface area contributed by atoms with Gasteiger partial charge in [-0.25, -0.2) is 17.5 Å². The highest BCUT2D eigenvalue weighted by Crippen LogP contribution is 2.41. The van der Waals surface area contributed by atoms with Gasteiger partial charge in [-0.2, -0.15) is 0 Å². The van der Waals surface area contributed by atoms with Crippen LogP contribution in [-0.4, -0.2) is 80.5 Å². The van der Waals surface area contributed by atoms with E-state index in [2.05, 4.69) is 24.0 Å². The molecule has 0 bridgehead atoms. The van der Waals surface area contributed by atoms with Gasteiger partial charge in [0.25, 0.3) is 0 Å². The fraction of sp³-hybridized carbons (Fsp3) is 0.581. The Balaban J connectivity index is 1.38. The number of sulfonamides is 1. The minimum absolute atomic E-state index is 0.181. The second kappa shape index (κ2) is 11.6. The van der Waals surface area contributed by atoms with Gasteiger partial charge in [-0.15, -0.1) is 0 Å². The fourth-order valence-electron chi connectivity index (χ4n) is 5.99. The monoisotopic (exact) mass is 555 g/mol. The molecule has 0 aromatic heterocycles. The second-order valence-corrected chi connectivity index (χ2v) is 14.8. The van der Waals surface area contributed by atoms with Crippen molar-refractivity contribution in [2.24, 2.45) is 5.41 Å². The molecule has 2 aliphatic heterocycles. The minimum atomic E-state index is -3.59. The molecule has 1 spiro atoms. The van der Waals surface area contributed by atoms with E-state index in [9.17, 15) is 13.2 Å². The van der Waals surface area contributed by atoms with E-state index in [1.165, 1.54) is 4.31 Å². The number of nitrogens with zero attached hydrogens (tertiary/aromatic N) is 3. The second-order valence-electron chi connectivity index (χ2n) is 12.7. The number of carbonyl (C=O) groups is 1. The summed E-state index contributed by atoms with van der Waals surface area (Å²) >= 11 is 0. The van der Waals surface area contributed by atoms with E-state index in [4.69, 9.17) is 4.74 Å². The van der Waals surface area contributed by atoms with Gasteiger partial charge in [0.2, 0.25) is 10.0 Å². The van der Waals surface area contributed by atoms with Gasteiger partial charge < -0.3 is 14.5 Å². The molecule has 1 unspecified atom stereocenters. The summed E-state index contributed by atoms with van der Waals surface area (Å²) in [6, 6.07) is 18.9. The molecule has 0 radical (unpaired) electrons. The highest BCUT2D eigenvalue weighted by molar-refractivity contribution is 7.89. The molecule has 0 N–H and O–H groups in total. The van der Waals surface area contributed by atoms with Crippen LogP contribution in [0.3, 0.4) is 0 Å². The van der Waals surface area contributed by atoms with Gasteiger partial charge in [0, 0.05) is 32.1 Å². The zero-order valence-corrected chi connectivity index (χ0v) is 25.0. The molecule has 39 heavy (non-hydrogen) atoms. The van der Waals surface area contributed by atoms with Crippen LogP contribution in [0.1, 0.15) is 58.9 Å². The van der Waals surface area contributed by atoms with Crippen LogP contribution in [0.15, 0.2) is 65.6 Å². The molecule has 2 heterocycles. The van der Waals surface area contributed by atoms with Crippen molar-refractivity contribution in [3.05, 3.63) is 66.2 Å². The number of piperidine rings is 1. The summed E-state index contributed by atoms with van der Waals surface area (Å²) in [5.74, 6) is 0. The van der Waals surface area contributed by atoms with Crippen LogP contribution in [0.4, 0.5) is 4.79 Å². The van der Waals surface area contributed by atoms with Gasteiger partial charge >= 0.3 is 6.09 Å². The van der Waals surface area contributed by atoms with Crippen LogP contribution < -0.4 is 0 Å². The first kappa shape index (κ1) is 29.6. The van der Waals surface area contributed by atoms with Gasteiger partial charge in [0.1, 0.15) is 5.60 Å². The number of carbonyl (C=O) groups excluding carboxylic acids is 1. The molecule has 0 aliphatic carbocycles. The molecular formula is C31H45N3O4S. The van der Waals surface area contributed by atoms with Crippen molar-refractivity contribution in [3.63, 3.8) is 0 Å².